The van der Waals surface area contributed by atoms with E-state index in [4.69, 9.17) is 0 Å². The number of phenols is 1. The number of halogens is 3. The van der Waals surface area contributed by atoms with Crippen molar-refractivity contribution in [2.45, 2.75) is 37.5 Å². The molecule has 0 aliphatic heterocycles. The van der Waals surface area contributed by atoms with Crippen molar-refractivity contribution in [1.29, 1.82) is 0 Å². The largest absolute Gasteiger partial charge is 0.507 e. The lowest BCUT2D eigenvalue weighted by Gasteiger charge is -2.45. The van der Waals surface area contributed by atoms with Gasteiger partial charge in [0.25, 0.3) is 0 Å². The van der Waals surface area contributed by atoms with Gasteiger partial charge in [0.15, 0.2) is 0 Å². The van der Waals surface area contributed by atoms with Crippen LogP contribution >= 0.6 is 0 Å². The van der Waals surface area contributed by atoms with Crippen molar-refractivity contribution in [2.24, 2.45) is 17.8 Å². The molecule has 0 amide bonds. The Labute approximate surface area is 140 Å². The average molecular weight is 343 g/mol. The number of hydrogen-bond acceptors (Lipinski definition) is 3. The Morgan fingerprint density at radius 1 is 1.25 bits per heavy atom. The minimum absolute atomic E-state index is 0.0395. The van der Waals surface area contributed by atoms with E-state index in [1.54, 1.807) is 0 Å². The molecule has 2 bridgehead atoms. The summed E-state index contributed by atoms with van der Waals surface area (Å²) in [6, 6.07) is 3.32. The summed E-state index contributed by atoms with van der Waals surface area (Å²) in [6.07, 6.45) is -0.859. The second-order valence-corrected chi connectivity index (χ2v) is 7.67. The molecule has 0 radical (unpaired) electrons. The summed E-state index contributed by atoms with van der Waals surface area (Å²) in [7, 11) is 3.87. The van der Waals surface area contributed by atoms with Crippen LogP contribution in [-0.2, 0) is 11.8 Å². The van der Waals surface area contributed by atoms with Gasteiger partial charge in [-0.05, 0) is 62.9 Å². The molecule has 0 aromatic heterocycles. The maximum Gasteiger partial charge on any atom is 0.419 e. The molecule has 2 aliphatic carbocycles. The van der Waals surface area contributed by atoms with Crippen LogP contribution in [0.5, 0.6) is 5.75 Å². The van der Waals surface area contributed by atoms with Gasteiger partial charge in [0, 0.05) is 12.5 Å². The summed E-state index contributed by atoms with van der Waals surface area (Å²) < 4.78 is 38.6. The molecule has 1 aromatic carbocycles. The third-order valence-electron chi connectivity index (χ3n) is 5.73. The zero-order chi connectivity index (χ0) is 17.7. The van der Waals surface area contributed by atoms with Gasteiger partial charge in [-0.1, -0.05) is 12.5 Å². The number of aliphatic hydroxyl groups is 1. The van der Waals surface area contributed by atoms with E-state index in [1.807, 2.05) is 19.0 Å². The van der Waals surface area contributed by atoms with E-state index in [2.05, 4.69) is 0 Å². The molecule has 1 aromatic rings. The van der Waals surface area contributed by atoms with Crippen LogP contribution in [0.1, 0.15) is 36.8 Å². The Hall–Kier alpha value is -1.27. The molecule has 2 N–H and O–H groups in total. The number of aromatic hydroxyl groups is 1. The second-order valence-electron chi connectivity index (χ2n) is 7.67. The van der Waals surface area contributed by atoms with Gasteiger partial charge in [0.2, 0.25) is 0 Å². The minimum atomic E-state index is -4.60. The first-order valence-electron chi connectivity index (χ1n) is 8.39. The van der Waals surface area contributed by atoms with Crippen LogP contribution in [0.15, 0.2) is 18.2 Å². The van der Waals surface area contributed by atoms with Gasteiger partial charge in [0.05, 0.1) is 11.2 Å². The maximum atomic E-state index is 12.9. The highest BCUT2D eigenvalue weighted by atomic mass is 19.4. The zero-order valence-electron chi connectivity index (χ0n) is 14.0. The van der Waals surface area contributed by atoms with Gasteiger partial charge in [-0.25, -0.2) is 0 Å². The Morgan fingerprint density at radius 3 is 2.54 bits per heavy atom. The van der Waals surface area contributed by atoms with Gasteiger partial charge >= 0.3 is 6.18 Å². The van der Waals surface area contributed by atoms with Crippen LogP contribution in [-0.4, -0.2) is 35.8 Å². The van der Waals surface area contributed by atoms with E-state index in [0.717, 1.165) is 31.4 Å². The van der Waals surface area contributed by atoms with Gasteiger partial charge in [-0.2, -0.15) is 13.2 Å². The average Bonchev–Trinajstić information content (AvgIpc) is 2.85. The molecule has 0 heterocycles. The van der Waals surface area contributed by atoms with Crippen molar-refractivity contribution >= 4 is 0 Å². The number of nitrogens with zero attached hydrogens (tertiary/aromatic N) is 1. The molecule has 2 fully saturated rings. The van der Waals surface area contributed by atoms with Crippen LogP contribution in [0.25, 0.3) is 0 Å². The summed E-state index contributed by atoms with van der Waals surface area (Å²) in [6.45, 7) is 0.676. The number of phenolic OH excluding ortho intramolecular Hbond substituents is 1. The van der Waals surface area contributed by atoms with E-state index in [-0.39, 0.29) is 5.92 Å². The molecule has 2 aliphatic rings. The topological polar surface area (TPSA) is 43.7 Å². The van der Waals surface area contributed by atoms with Crippen LogP contribution in [0.2, 0.25) is 0 Å². The van der Waals surface area contributed by atoms with Crippen molar-refractivity contribution in [1.82, 2.24) is 4.90 Å². The van der Waals surface area contributed by atoms with Gasteiger partial charge < -0.3 is 15.1 Å². The predicted molar refractivity (Wildman–Crippen MR) is 84.5 cm³/mol. The minimum Gasteiger partial charge on any atom is -0.507 e. The summed E-state index contributed by atoms with van der Waals surface area (Å²) in [5, 5.41) is 21.3. The van der Waals surface area contributed by atoms with Crippen LogP contribution in [0, 0.1) is 17.8 Å². The van der Waals surface area contributed by atoms with Gasteiger partial charge in [0.1, 0.15) is 5.75 Å². The zero-order valence-corrected chi connectivity index (χ0v) is 14.0. The van der Waals surface area contributed by atoms with Gasteiger partial charge in [-0.15, -0.1) is 0 Å². The highest BCUT2D eigenvalue weighted by Gasteiger charge is 2.51. The van der Waals surface area contributed by atoms with Crippen molar-refractivity contribution < 1.29 is 23.4 Å². The van der Waals surface area contributed by atoms with Crippen molar-refractivity contribution in [3.05, 3.63) is 29.3 Å². The van der Waals surface area contributed by atoms with Crippen molar-refractivity contribution in [3.8, 4) is 5.75 Å². The number of benzene rings is 1. The van der Waals surface area contributed by atoms with E-state index >= 15 is 0 Å². The molecule has 24 heavy (non-hydrogen) atoms. The van der Waals surface area contributed by atoms with E-state index < -0.39 is 23.1 Å². The summed E-state index contributed by atoms with van der Waals surface area (Å²) >= 11 is 0. The molecule has 0 spiro atoms. The highest BCUT2D eigenvalue weighted by molar-refractivity contribution is 5.41. The van der Waals surface area contributed by atoms with Crippen LogP contribution < -0.4 is 0 Å². The Bertz CT molecular complexity index is 617. The molecule has 4 unspecified atom stereocenters. The van der Waals surface area contributed by atoms with E-state index in [1.165, 1.54) is 6.07 Å². The first-order chi connectivity index (χ1) is 11.1. The smallest absolute Gasteiger partial charge is 0.419 e. The first kappa shape index (κ1) is 17.5. The Kier molecular flexibility index (Phi) is 4.33. The predicted octanol–water partition coefficient (Wildman–Crippen LogP) is 3.60. The van der Waals surface area contributed by atoms with E-state index in [0.29, 0.717) is 30.4 Å². The highest BCUT2D eigenvalue weighted by Crippen LogP contribution is 2.54. The molecule has 2 saturated carbocycles. The maximum absolute atomic E-state index is 12.9. The molecule has 3 rings (SSSR count). The molecule has 6 heteroatoms. The third kappa shape index (κ3) is 3.02. The molecular formula is C18H24F3NO2. The Balaban J connectivity index is 2.00. The summed E-state index contributed by atoms with van der Waals surface area (Å²) in [5.41, 5.74) is -1.84. The fourth-order valence-electron chi connectivity index (χ4n) is 4.71. The summed E-state index contributed by atoms with van der Waals surface area (Å²) in [5.74, 6) is -0.0687. The van der Waals surface area contributed by atoms with E-state index in [9.17, 15) is 23.4 Å². The lowest BCUT2D eigenvalue weighted by atomic mass is 9.66. The molecule has 134 valence electrons. The number of fused-ring (bicyclic) bond motifs is 2. The Morgan fingerprint density at radius 2 is 1.96 bits per heavy atom. The molecule has 0 saturated heterocycles. The van der Waals surface area contributed by atoms with Gasteiger partial charge in [-0.3, -0.25) is 0 Å². The number of alkyl halides is 3. The van der Waals surface area contributed by atoms with Crippen molar-refractivity contribution in [2.75, 3.05) is 20.6 Å². The fourth-order valence-corrected chi connectivity index (χ4v) is 4.71. The van der Waals surface area contributed by atoms with Crippen LogP contribution in [0.3, 0.4) is 0 Å². The standard InChI is InChI=1S/C18H24F3NO2/c1-22(2)10-15-12-4-3-11(7-12)9-17(15,24)13-5-6-14(16(23)8-13)18(19,20)21/h5-6,8,11-12,15,23-24H,3-4,7,9-10H2,1-2H3. The summed E-state index contributed by atoms with van der Waals surface area (Å²) in [4.78, 5) is 2.01. The fraction of sp³-hybridized carbons (Fsp3) is 0.667. The van der Waals surface area contributed by atoms with Crippen LogP contribution in [0.4, 0.5) is 13.2 Å². The molecule has 4 atom stereocenters. The lowest BCUT2D eigenvalue weighted by molar-refractivity contribution is -0.139. The molecular weight excluding hydrogens is 319 g/mol. The first-order valence-corrected chi connectivity index (χ1v) is 8.39. The third-order valence-corrected chi connectivity index (χ3v) is 5.73. The quantitative estimate of drug-likeness (QED) is 0.881. The molecule has 3 nitrogen and oxygen atoms in total. The number of rotatable bonds is 3. The SMILES string of the molecule is CN(C)CC1C2CCC(C2)CC1(O)c1ccc(C(F)(F)F)c(O)c1. The number of hydrogen-bond donors (Lipinski definition) is 2. The normalized spacial score (nSPS) is 33.2. The monoisotopic (exact) mass is 343 g/mol. The lowest BCUT2D eigenvalue weighted by Crippen LogP contribution is -2.47. The second kappa shape index (κ2) is 5.92. The van der Waals surface area contributed by atoms with Crippen molar-refractivity contribution in [3.63, 3.8) is 0 Å².